The monoisotopic (exact) mass is 408 g/mol. The summed E-state index contributed by atoms with van der Waals surface area (Å²) in [5, 5.41) is 8.96. The van der Waals surface area contributed by atoms with Crippen LogP contribution in [-0.4, -0.2) is 48.9 Å². The lowest BCUT2D eigenvalue weighted by Crippen LogP contribution is -2.57. The van der Waals surface area contributed by atoms with Crippen molar-refractivity contribution in [2.75, 3.05) is 20.2 Å². The average Bonchev–Trinajstić information content (AvgIpc) is 2.68. The van der Waals surface area contributed by atoms with Crippen LogP contribution >= 0.6 is 0 Å². The summed E-state index contributed by atoms with van der Waals surface area (Å²) in [5.41, 5.74) is 2.05. The van der Waals surface area contributed by atoms with Crippen LogP contribution in [0.3, 0.4) is 0 Å². The van der Waals surface area contributed by atoms with Crippen LogP contribution in [0.25, 0.3) is 11.1 Å². The Kier molecular flexibility index (Phi) is 5.97. The van der Waals surface area contributed by atoms with Gasteiger partial charge in [-0.3, -0.25) is 0 Å². The minimum Gasteiger partial charge on any atom is -0.486 e. The molecule has 7 heteroatoms. The van der Waals surface area contributed by atoms with Crippen LogP contribution in [0.4, 0.5) is 4.79 Å². The standard InChI is InChI=1S/C23H24N2O5/c1-23(2,3)30-22(27)25-13-18(14-25)29-20-11-17(9-10-19(20)21(26)28-4)16-7-5-15(12-24)6-8-16/h5-11,18H,13-14H2,1-4H3. The number of hydrogen-bond donors (Lipinski definition) is 0. The quantitative estimate of drug-likeness (QED) is 0.710. The molecule has 0 saturated carbocycles. The zero-order valence-corrected chi connectivity index (χ0v) is 17.5. The predicted molar refractivity (Wildman–Crippen MR) is 110 cm³/mol. The minimum absolute atomic E-state index is 0.253. The molecule has 1 aliphatic heterocycles. The van der Waals surface area contributed by atoms with Gasteiger partial charge in [-0.05, 0) is 56.2 Å². The third-order valence-electron chi connectivity index (χ3n) is 4.53. The molecule has 1 aliphatic rings. The molecule has 1 heterocycles. The van der Waals surface area contributed by atoms with Crippen LogP contribution < -0.4 is 4.74 Å². The molecule has 0 atom stereocenters. The highest BCUT2D eigenvalue weighted by molar-refractivity contribution is 5.93. The van der Waals surface area contributed by atoms with Gasteiger partial charge in [-0.25, -0.2) is 9.59 Å². The van der Waals surface area contributed by atoms with Crippen molar-refractivity contribution < 1.29 is 23.8 Å². The average molecular weight is 408 g/mol. The number of rotatable bonds is 4. The molecule has 0 unspecified atom stereocenters. The third kappa shape index (κ3) is 4.90. The molecule has 1 amide bonds. The third-order valence-corrected chi connectivity index (χ3v) is 4.53. The molecule has 0 aliphatic carbocycles. The first kappa shape index (κ1) is 21.2. The molecular weight excluding hydrogens is 384 g/mol. The van der Waals surface area contributed by atoms with Gasteiger partial charge in [-0.2, -0.15) is 5.26 Å². The molecule has 0 aromatic heterocycles. The maximum absolute atomic E-state index is 12.2. The van der Waals surface area contributed by atoms with E-state index in [2.05, 4.69) is 6.07 Å². The largest absolute Gasteiger partial charge is 0.486 e. The van der Waals surface area contributed by atoms with Crippen LogP contribution in [-0.2, 0) is 9.47 Å². The van der Waals surface area contributed by atoms with Crippen molar-refractivity contribution in [1.82, 2.24) is 4.90 Å². The Labute approximate surface area is 175 Å². The van der Waals surface area contributed by atoms with Crippen molar-refractivity contribution in [1.29, 1.82) is 5.26 Å². The first-order valence-electron chi connectivity index (χ1n) is 9.57. The van der Waals surface area contributed by atoms with E-state index in [1.54, 1.807) is 35.2 Å². The van der Waals surface area contributed by atoms with Gasteiger partial charge in [0.25, 0.3) is 0 Å². The second-order valence-electron chi connectivity index (χ2n) is 8.02. The Hall–Kier alpha value is -3.53. The number of likely N-dealkylation sites (tertiary alicyclic amines) is 1. The van der Waals surface area contributed by atoms with Gasteiger partial charge in [0.05, 0.1) is 31.8 Å². The van der Waals surface area contributed by atoms with Crippen LogP contribution in [0.15, 0.2) is 42.5 Å². The fraction of sp³-hybridized carbons (Fsp3) is 0.348. The van der Waals surface area contributed by atoms with Gasteiger partial charge in [0.2, 0.25) is 0 Å². The number of ether oxygens (including phenoxy) is 3. The summed E-state index contributed by atoms with van der Waals surface area (Å²) in [4.78, 5) is 25.8. The van der Waals surface area contributed by atoms with Gasteiger partial charge in [-0.15, -0.1) is 0 Å². The lowest BCUT2D eigenvalue weighted by atomic mass is 10.0. The topological polar surface area (TPSA) is 88.9 Å². The summed E-state index contributed by atoms with van der Waals surface area (Å²) in [6, 6.07) is 14.4. The molecule has 1 saturated heterocycles. The number of benzene rings is 2. The van der Waals surface area contributed by atoms with E-state index in [1.807, 2.05) is 32.9 Å². The molecule has 30 heavy (non-hydrogen) atoms. The number of hydrogen-bond acceptors (Lipinski definition) is 6. The Balaban J connectivity index is 1.76. The molecule has 2 aromatic rings. The number of nitrogens with zero attached hydrogens (tertiary/aromatic N) is 2. The minimum atomic E-state index is -0.559. The van der Waals surface area contributed by atoms with E-state index in [4.69, 9.17) is 19.5 Å². The molecule has 0 bridgehead atoms. The zero-order chi connectivity index (χ0) is 21.9. The Morgan fingerprint density at radius 3 is 2.27 bits per heavy atom. The molecule has 1 fully saturated rings. The summed E-state index contributed by atoms with van der Waals surface area (Å²) in [6.45, 7) is 6.19. The van der Waals surface area contributed by atoms with Crippen LogP contribution in [0.1, 0.15) is 36.7 Å². The lowest BCUT2D eigenvalue weighted by Gasteiger charge is -2.39. The Morgan fingerprint density at radius 1 is 1.07 bits per heavy atom. The van der Waals surface area contributed by atoms with E-state index >= 15 is 0 Å². The van der Waals surface area contributed by atoms with Crippen LogP contribution in [0.2, 0.25) is 0 Å². The van der Waals surface area contributed by atoms with Crippen molar-refractivity contribution in [3.8, 4) is 22.9 Å². The number of carbonyl (C=O) groups excluding carboxylic acids is 2. The molecule has 0 N–H and O–H groups in total. The highest BCUT2D eigenvalue weighted by Crippen LogP contribution is 2.30. The van der Waals surface area contributed by atoms with Gasteiger partial charge < -0.3 is 19.1 Å². The summed E-state index contributed by atoms with van der Waals surface area (Å²) in [7, 11) is 1.31. The summed E-state index contributed by atoms with van der Waals surface area (Å²) < 4.78 is 16.2. The van der Waals surface area contributed by atoms with Gasteiger partial charge in [0.15, 0.2) is 0 Å². The van der Waals surface area contributed by atoms with E-state index in [9.17, 15) is 9.59 Å². The van der Waals surface area contributed by atoms with Gasteiger partial charge >= 0.3 is 12.1 Å². The summed E-state index contributed by atoms with van der Waals surface area (Å²) >= 11 is 0. The van der Waals surface area contributed by atoms with Gasteiger partial charge in [-0.1, -0.05) is 18.2 Å². The molecule has 7 nitrogen and oxygen atoms in total. The number of carbonyl (C=O) groups is 2. The normalized spacial score (nSPS) is 13.8. The highest BCUT2D eigenvalue weighted by atomic mass is 16.6. The lowest BCUT2D eigenvalue weighted by molar-refractivity contribution is -0.0224. The fourth-order valence-electron chi connectivity index (χ4n) is 2.98. The highest BCUT2D eigenvalue weighted by Gasteiger charge is 2.35. The van der Waals surface area contributed by atoms with Gasteiger partial charge in [0.1, 0.15) is 23.0 Å². The second-order valence-corrected chi connectivity index (χ2v) is 8.02. The fourth-order valence-corrected chi connectivity index (χ4v) is 2.98. The van der Waals surface area contributed by atoms with Gasteiger partial charge in [0, 0.05) is 0 Å². The molecule has 3 rings (SSSR count). The molecule has 0 radical (unpaired) electrons. The van der Waals surface area contributed by atoms with E-state index in [0.29, 0.717) is 30.0 Å². The number of methoxy groups -OCH3 is 1. The number of amides is 1. The van der Waals surface area contributed by atoms with Crippen LogP contribution in [0.5, 0.6) is 5.75 Å². The second kappa shape index (κ2) is 8.46. The van der Waals surface area contributed by atoms with E-state index in [1.165, 1.54) is 7.11 Å². The van der Waals surface area contributed by atoms with Crippen molar-refractivity contribution in [2.45, 2.75) is 32.5 Å². The van der Waals surface area contributed by atoms with Crippen LogP contribution in [0, 0.1) is 11.3 Å². The smallest absolute Gasteiger partial charge is 0.410 e. The Morgan fingerprint density at radius 2 is 1.70 bits per heavy atom. The van der Waals surface area contributed by atoms with E-state index in [-0.39, 0.29) is 12.2 Å². The number of esters is 1. The Bertz CT molecular complexity index is 980. The molecule has 2 aromatic carbocycles. The van der Waals surface area contributed by atoms with Crippen molar-refractivity contribution in [3.05, 3.63) is 53.6 Å². The number of nitriles is 1. The summed E-state index contributed by atoms with van der Waals surface area (Å²) in [5.74, 6) is -0.114. The predicted octanol–water partition coefficient (Wildman–Crippen LogP) is 4.01. The van der Waals surface area contributed by atoms with E-state index < -0.39 is 11.6 Å². The molecule has 0 spiro atoms. The molecular formula is C23H24N2O5. The molecule has 156 valence electrons. The first-order valence-corrected chi connectivity index (χ1v) is 9.57. The van der Waals surface area contributed by atoms with Crippen molar-refractivity contribution in [2.24, 2.45) is 0 Å². The van der Waals surface area contributed by atoms with E-state index in [0.717, 1.165) is 11.1 Å². The zero-order valence-electron chi connectivity index (χ0n) is 17.5. The maximum Gasteiger partial charge on any atom is 0.410 e. The van der Waals surface area contributed by atoms with Crippen molar-refractivity contribution >= 4 is 12.1 Å². The maximum atomic E-state index is 12.2. The van der Waals surface area contributed by atoms with Crippen molar-refractivity contribution in [3.63, 3.8) is 0 Å². The first-order chi connectivity index (χ1) is 14.2. The SMILES string of the molecule is COC(=O)c1ccc(-c2ccc(C#N)cc2)cc1OC1CN(C(=O)OC(C)(C)C)C1. The summed E-state index contributed by atoms with van der Waals surface area (Å²) in [6.07, 6.45) is -0.640.